The molecular weight excluding hydrogens is 350 g/mol. The number of halogens is 1. The third-order valence-corrected chi connectivity index (χ3v) is 4.52. The van der Waals surface area contributed by atoms with E-state index in [9.17, 15) is 0 Å². The second kappa shape index (κ2) is 9.78. The number of nitrogens with zero attached hydrogens (tertiary/aromatic N) is 1. The molecule has 0 spiro atoms. The van der Waals surface area contributed by atoms with Crippen molar-refractivity contribution in [2.75, 3.05) is 27.4 Å². The highest BCUT2D eigenvalue weighted by molar-refractivity contribution is 6.32. The predicted octanol–water partition coefficient (Wildman–Crippen LogP) is 3.61. The molecule has 0 saturated heterocycles. The molecule has 6 heteroatoms. The summed E-state index contributed by atoms with van der Waals surface area (Å²) in [5.74, 6) is 6.46. The minimum Gasteiger partial charge on any atom is -0.382 e. The van der Waals surface area contributed by atoms with Crippen LogP contribution in [0.4, 0.5) is 0 Å². The van der Waals surface area contributed by atoms with E-state index in [1.165, 1.54) is 0 Å². The summed E-state index contributed by atoms with van der Waals surface area (Å²) in [7, 11) is 3.36. The summed E-state index contributed by atoms with van der Waals surface area (Å²) >= 11 is 6.44. The zero-order valence-corrected chi connectivity index (χ0v) is 16.6. The van der Waals surface area contributed by atoms with Crippen molar-refractivity contribution in [1.29, 1.82) is 0 Å². The third kappa shape index (κ3) is 4.89. The van der Waals surface area contributed by atoms with Crippen LogP contribution in [-0.2, 0) is 9.47 Å². The average molecular weight is 378 g/mol. The van der Waals surface area contributed by atoms with Gasteiger partial charge >= 0.3 is 0 Å². The highest BCUT2D eigenvalue weighted by atomic mass is 35.5. The molecule has 1 aromatic rings. The second-order valence-electron chi connectivity index (χ2n) is 6.23. The van der Waals surface area contributed by atoms with E-state index < -0.39 is 0 Å². The topological polar surface area (TPSA) is 59.8 Å². The third-order valence-electron chi connectivity index (χ3n) is 4.20. The van der Waals surface area contributed by atoms with Crippen molar-refractivity contribution in [2.45, 2.75) is 26.3 Å². The summed E-state index contributed by atoms with van der Waals surface area (Å²) < 4.78 is 10.6. The molecule has 0 amide bonds. The molecule has 2 rings (SSSR count). The normalized spacial score (nSPS) is 16.1. The first-order valence-corrected chi connectivity index (χ1v) is 9.06. The van der Waals surface area contributed by atoms with Gasteiger partial charge in [-0.3, -0.25) is 5.01 Å². The summed E-state index contributed by atoms with van der Waals surface area (Å²) in [5.41, 5.74) is 4.80. The fourth-order valence-corrected chi connectivity index (χ4v) is 3.28. The van der Waals surface area contributed by atoms with Crippen LogP contribution in [-0.4, -0.2) is 38.5 Å². The summed E-state index contributed by atoms with van der Waals surface area (Å²) in [6, 6.07) is 6.02. The van der Waals surface area contributed by atoms with Crippen molar-refractivity contribution < 1.29 is 9.47 Å². The first kappa shape index (κ1) is 20.5. The second-order valence-corrected chi connectivity index (χ2v) is 6.64. The van der Waals surface area contributed by atoms with Gasteiger partial charge in [0.1, 0.15) is 0 Å². The molecule has 0 fully saturated rings. The zero-order valence-electron chi connectivity index (χ0n) is 15.9. The summed E-state index contributed by atoms with van der Waals surface area (Å²) in [4.78, 5) is 0. The van der Waals surface area contributed by atoms with Gasteiger partial charge in [-0.05, 0) is 37.1 Å². The molecule has 26 heavy (non-hydrogen) atoms. The summed E-state index contributed by atoms with van der Waals surface area (Å²) in [6.07, 6.45) is 6.75. The number of hydrogen-bond donors (Lipinski definition) is 2. The number of rotatable bonds is 8. The van der Waals surface area contributed by atoms with Crippen molar-refractivity contribution in [3.05, 3.63) is 64.0 Å². The Balaban J connectivity index is 2.33. The number of hydrazine groups is 1. The lowest BCUT2D eigenvalue weighted by atomic mass is 10.0. The fourth-order valence-electron chi connectivity index (χ4n) is 2.95. The molecule has 0 bridgehead atoms. The summed E-state index contributed by atoms with van der Waals surface area (Å²) in [6.45, 7) is 5.20. The van der Waals surface area contributed by atoms with Crippen LogP contribution in [0.1, 0.15) is 24.5 Å². The van der Waals surface area contributed by atoms with Crippen molar-refractivity contribution in [3.8, 4) is 0 Å². The Labute approximate surface area is 161 Å². The van der Waals surface area contributed by atoms with Gasteiger partial charge in [-0.15, -0.1) is 0 Å². The van der Waals surface area contributed by atoms with Crippen LogP contribution in [0.2, 0.25) is 5.02 Å². The molecule has 142 valence electrons. The van der Waals surface area contributed by atoms with Crippen molar-refractivity contribution in [1.82, 2.24) is 10.3 Å². The number of benzene rings is 1. The molecule has 0 radical (unpaired) electrons. The van der Waals surface area contributed by atoms with Crippen LogP contribution in [0, 0.1) is 6.92 Å². The Kier molecular flexibility index (Phi) is 7.72. The van der Waals surface area contributed by atoms with Crippen LogP contribution in [0.15, 0.2) is 47.8 Å². The quantitative estimate of drug-likeness (QED) is 0.678. The maximum atomic E-state index is 6.46. The van der Waals surface area contributed by atoms with Crippen LogP contribution in [0.3, 0.4) is 0 Å². The maximum absolute atomic E-state index is 6.46. The number of hydrogen-bond acceptors (Lipinski definition) is 5. The van der Waals surface area contributed by atoms with Gasteiger partial charge in [0.2, 0.25) is 0 Å². The SMILES string of the molecule is CC/C(NC(COC)COC)=C1/C=CC=C(c2ccc(C)cc2Cl)N1N. The average Bonchev–Trinajstić information content (AvgIpc) is 2.61. The predicted molar refractivity (Wildman–Crippen MR) is 107 cm³/mol. The Bertz CT molecular complexity index is 707. The Morgan fingerprint density at radius 3 is 2.54 bits per heavy atom. The molecule has 0 saturated carbocycles. The molecule has 0 aliphatic carbocycles. The zero-order chi connectivity index (χ0) is 19.1. The first-order valence-electron chi connectivity index (χ1n) is 8.69. The number of allylic oxidation sites excluding steroid dienone is 4. The van der Waals surface area contributed by atoms with Gasteiger partial charge in [0, 0.05) is 25.5 Å². The van der Waals surface area contributed by atoms with Crippen LogP contribution >= 0.6 is 11.6 Å². The Hall–Kier alpha value is -1.79. The highest BCUT2D eigenvalue weighted by Gasteiger charge is 2.20. The lowest BCUT2D eigenvalue weighted by Crippen LogP contribution is -2.39. The van der Waals surface area contributed by atoms with Crippen LogP contribution < -0.4 is 11.2 Å². The van der Waals surface area contributed by atoms with E-state index in [-0.39, 0.29) is 6.04 Å². The van der Waals surface area contributed by atoms with Gasteiger partial charge < -0.3 is 14.8 Å². The molecular formula is C20H28ClN3O2. The van der Waals surface area contributed by atoms with Crippen molar-refractivity contribution in [3.63, 3.8) is 0 Å². The molecule has 3 N–H and O–H groups in total. The van der Waals surface area contributed by atoms with Crippen LogP contribution in [0.5, 0.6) is 0 Å². The number of nitrogens with one attached hydrogen (secondary N) is 1. The standard InChI is InChI=1S/C20H28ClN3O2/c1-5-18(23-15(12-25-3)13-26-4)20-8-6-7-19(24(20)22)16-10-9-14(2)11-17(16)21/h6-11,15,23H,5,12-13,22H2,1-4H3/b20-18+. The van der Waals surface area contributed by atoms with Crippen molar-refractivity contribution in [2.24, 2.45) is 5.84 Å². The molecule has 0 atom stereocenters. The lowest BCUT2D eigenvalue weighted by Gasteiger charge is -2.30. The van der Waals surface area contributed by atoms with E-state index in [1.54, 1.807) is 19.2 Å². The molecule has 1 aliphatic rings. The monoisotopic (exact) mass is 377 g/mol. The number of nitrogens with two attached hydrogens (primary N) is 1. The molecule has 0 aromatic heterocycles. The van der Waals surface area contributed by atoms with E-state index in [0.717, 1.165) is 34.6 Å². The highest BCUT2D eigenvalue weighted by Crippen LogP contribution is 2.31. The van der Waals surface area contributed by atoms with Crippen molar-refractivity contribution >= 4 is 17.3 Å². The number of methoxy groups -OCH3 is 2. The lowest BCUT2D eigenvalue weighted by molar-refractivity contribution is 0.107. The van der Waals surface area contributed by atoms with E-state index in [2.05, 4.69) is 12.2 Å². The smallest absolute Gasteiger partial charge is 0.0764 e. The van der Waals surface area contributed by atoms with E-state index >= 15 is 0 Å². The van der Waals surface area contributed by atoms with Gasteiger partial charge in [0.05, 0.1) is 35.7 Å². The van der Waals surface area contributed by atoms with Gasteiger partial charge in [0.25, 0.3) is 0 Å². The largest absolute Gasteiger partial charge is 0.382 e. The molecule has 1 aromatic carbocycles. The number of aryl methyl sites for hydroxylation is 1. The Morgan fingerprint density at radius 2 is 1.96 bits per heavy atom. The minimum atomic E-state index is 0.0477. The van der Waals surface area contributed by atoms with E-state index in [0.29, 0.717) is 18.2 Å². The minimum absolute atomic E-state index is 0.0477. The molecule has 0 unspecified atom stereocenters. The number of ether oxygens (including phenoxy) is 2. The summed E-state index contributed by atoms with van der Waals surface area (Å²) in [5, 5.41) is 5.86. The molecule has 5 nitrogen and oxygen atoms in total. The van der Waals surface area contributed by atoms with Gasteiger partial charge in [-0.25, -0.2) is 5.84 Å². The fraction of sp³-hybridized carbons (Fsp3) is 0.400. The van der Waals surface area contributed by atoms with Gasteiger partial charge in [0.15, 0.2) is 0 Å². The molecule has 1 heterocycles. The molecule has 1 aliphatic heterocycles. The first-order chi connectivity index (χ1) is 12.5. The van der Waals surface area contributed by atoms with Gasteiger partial charge in [-0.1, -0.05) is 36.7 Å². The van der Waals surface area contributed by atoms with Crippen LogP contribution in [0.25, 0.3) is 5.70 Å². The van der Waals surface area contributed by atoms with E-state index in [4.69, 9.17) is 26.9 Å². The Morgan fingerprint density at radius 1 is 1.27 bits per heavy atom. The van der Waals surface area contributed by atoms with E-state index in [1.807, 2.05) is 43.4 Å². The maximum Gasteiger partial charge on any atom is 0.0764 e. The van der Waals surface area contributed by atoms with Gasteiger partial charge in [-0.2, -0.15) is 0 Å².